The quantitative estimate of drug-likeness (QED) is 0.619. The van der Waals surface area contributed by atoms with Gasteiger partial charge in [-0.05, 0) is 40.5 Å². The lowest BCUT2D eigenvalue weighted by Gasteiger charge is -2.20. The highest BCUT2D eigenvalue weighted by atomic mass is 35.5. The molecule has 0 saturated heterocycles. The lowest BCUT2D eigenvalue weighted by atomic mass is 9.86. The molecule has 0 radical (unpaired) electrons. The van der Waals surface area contributed by atoms with E-state index in [2.05, 4.69) is 55.5 Å². The summed E-state index contributed by atoms with van der Waals surface area (Å²) in [4.78, 5) is 13.3. The molecule has 1 aromatic carbocycles. The maximum absolute atomic E-state index is 12.6. The van der Waals surface area contributed by atoms with Crippen molar-refractivity contribution in [1.29, 1.82) is 0 Å². The van der Waals surface area contributed by atoms with Crippen LogP contribution in [0.5, 0.6) is 0 Å². The molecular weight excluding hydrogens is 378 g/mol. The van der Waals surface area contributed by atoms with Crippen molar-refractivity contribution in [3.63, 3.8) is 0 Å². The van der Waals surface area contributed by atoms with Crippen molar-refractivity contribution in [2.45, 2.75) is 45.7 Å². The summed E-state index contributed by atoms with van der Waals surface area (Å²) in [7, 11) is 0. The van der Waals surface area contributed by atoms with E-state index in [4.69, 9.17) is 11.6 Å². The molecule has 3 aromatic rings. The number of amides is 1. The van der Waals surface area contributed by atoms with Gasteiger partial charge >= 0.3 is 0 Å². The molecule has 1 atom stereocenters. The van der Waals surface area contributed by atoms with E-state index >= 15 is 0 Å². The predicted octanol–water partition coefficient (Wildman–Crippen LogP) is 5.43. The van der Waals surface area contributed by atoms with E-state index in [-0.39, 0.29) is 17.4 Å². The molecule has 6 heteroatoms. The van der Waals surface area contributed by atoms with E-state index < -0.39 is 0 Å². The molecule has 27 heavy (non-hydrogen) atoms. The Morgan fingerprint density at radius 1 is 1.30 bits per heavy atom. The molecule has 0 aliphatic heterocycles. The van der Waals surface area contributed by atoms with Crippen LogP contribution in [0.2, 0.25) is 5.02 Å². The van der Waals surface area contributed by atoms with Gasteiger partial charge in [-0.15, -0.1) is 11.3 Å². The minimum Gasteiger partial charge on any atom is -0.345 e. The first-order valence-electron chi connectivity index (χ1n) is 8.89. The molecule has 0 bridgehead atoms. The molecule has 0 aliphatic carbocycles. The highest BCUT2D eigenvalue weighted by molar-refractivity contribution is 7.12. The molecule has 1 amide bonds. The highest BCUT2D eigenvalue weighted by Crippen LogP contribution is 2.24. The number of halogens is 1. The van der Waals surface area contributed by atoms with Crippen LogP contribution in [0.3, 0.4) is 0 Å². The second kappa shape index (κ2) is 7.87. The van der Waals surface area contributed by atoms with Crippen molar-refractivity contribution < 1.29 is 4.79 Å². The third kappa shape index (κ3) is 4.99. The monoisotopic (exact) mass is 401 g/mol. The average molecular weight is 402 g/mol. The fourth-order valence-corrected chi connectivity index (χ4v) is 3.77. The number of hydrogen-bond donors (Lipinski definition) is 1. The Morgan fingerprint density at radius 2 is 2.00 bits per heavy atom. The van der Waals surface area contributed by atoms with Crippen LogP contribution < -0.4 is 5.32 Å². The van der Waals surface area contributed by atoms with Gasteiger partial charge in [-0.25, -0.2) is 0 Å². The smallest absolute Gasteiger partial charge is 0.261 e. The van der Waals surface area contributed by atoms with Crippen LogP contribution in [-0.2, 0) is 12.0 Å². The SMILES string of the molecule is CC(NC(=O)c1cc(Cn2cc(Cl)cn2)cs1)c1ccc(C(C)(C)C)cc1. The molecule has 3 rings (SSSR count). The third-order valence-corrected chi connectivity index (χ3v) is 5.62. The zero-order valence-electron chi connectivity index (χ0n) is 16.0. The van der Waals surface area contributed by atoms with Crippen LogP contribution in [0.4, 0.5) is 0 Å². The van der Waals surface area contributed by atoms with Crippen molar-refractivity contribution in [2.24, 2.45) is 0 Å². The van der Waals surface area contributed by atoms with Gasteiger partial charge in [0.1, 0.15) is 0 Å². The summed E-state index contributed by atoms with van der Waals surface area (Å²) >= 11 is 7.33. The predicted molar refractivity (Wildman–Crippen MR) is 112 cm³/mol. The van der Waals surface area contributed by atoms with Crippen LogP contribution >= 0.6 is 22.9 Å². The molecule has 1 unspecified atom stereocenters. The van der Waals surface area contributed by atoms with E-state index in [1.807, 2.05) is 18.4 Å². The fourth-order valence-electron chi connectivity index (χ4n) is 2.81. The van der Waals surface area contributed by atoms with Crippen LogP contribution in [0.1, 0.15) is 60.1 Å². The molecular formula is C21H24ClN3OS. The normalized spacial score (nSPS) is 12.8. The van der Waals surface area contributed by atoms with Gasteiger partial charge in [0, 0.05) is 6.20 Å². The van der Waals surface area contributed by atoms with Gasteiger partial charge < -0.3 is 5.32 Å². The summed E-state index contributed by atoms with van der Waals surface area (Å²) in [5.41, 5.74) is 3.54. The zero-order chi connectivity index (χ0) is 19.6. The topological polar surface area (TPSA) is 46.9 Å². The summed E-state index contributed by atoms with van der Waals surface area (Å²) in [6.45, 7) is 9.18. The number of thiophene rings is 1. The highest BCUT2D eigenvalue weighted by Gasteiger charge is 2.16. The van der Waals surface area contributed by atoms with E-state index in [1.165, 1.54) is 16.9 Å². The lowest BCUT2D eigenvalue weighted by molar-refractivity contribution is 0.0944. The van der Waals surface area contributed by atoms with Gasteiger partial charge in [0.15, 0.2) is 0 Å². The number of benzene rings is 1. The number of rotatable bonds is 5. The van der Waals surface area contributed by atoms with Gasteiger partial charge in [-0.2, -0.15) is 5.10 Å². The molecule has 2 heterocycles. The molecule has 0 aliphatic rings. The Hall–Kier alpha value is -2.11. The number of nitrogens with one attached hydrogen (secondary N) is 1. The van der Waals surface area contributed by atoms with Gasteiger partial charge in [-0.3, -0.25) is 9.48 Å². The largest absolute Gasteiger partial charge is 0.345 e. The first-order chi connectivity index (χ1) is 12.7. The van der Waals surface area contributed by atoms with Gasteiger partial charge in [0.25, 0.3) is 5.91 Å². The van der Waals surface area contributed by atoms with Crippen LogP contribution in [0, 0.1) is 0 Å². The number of aromatic nitrogens is 2. The maximum atomic E-state index is 12.6. The lowest BCUT2D eigenvalue weighted by Crippen LogP contribution is -2.26. The average Bonchev–Trinajstić information content (AvgIpc) is 3.23. The third-order valence-electron chi connectivity index (χ3n) is 4.45. The molecule has 0 saturated carbocycles. The van der Waals surface area contributed by atoms with Crippen LogP contribution in [-0.4, -0.2) is 15.7 Å². The molecule has 0 spiro atoms. The maximum Gasteiger partial charge on any atom is 0.261 e. The second-order valence-corrected chi connectivity index (χ2v) is 9.09. The minimum atomic E-state index is -0.0582. The molecule has 2 aromatic heterocycles. The van der Waals surface area contributed by atoms with Crippen LogP contribution in [0.25, 0.3) is 0 Å². The van der Waals surface area contributed by atoms with Gasteiger partial charge in [0.2, 0.25) is 0 Å². The standard InChI is InChI=1S/C21H24ClN3OS/c1-14(16-5-7-17(8-6-16)21(2,3)4)24-20(26)19-9-15(13-27-19)11-25-12-18(22)10-23-25/h5-10,12-14H,11H2,1-4H3,(H,24,26). The number of nitrogens with zero attached hydrogens (tertiary/aromatic N) is 2. The van der Waals surface area contributed by atoms with Crippen molar-refractivity contribution in [3.8, 4) is 0 Å². The molecule has 0 fully saturated rings. The van der Waals surface area contributed by atoms with Gasteiger partial charge in [0.05, 0.1) is 28.7 Å². The minimum absolute atomic E-state index is 0.0537. The van der Waals surface area contributed by atoms with Crippen molar-refractivity contribution in [2.75, 3.05) is 0 Å². The first-order valence-corrected chi connectivity index (χ1v) is 10.1. The summed E-state index contributed by atoms with van der Waals surface area (Å²) in [6.07, 6.45) is 3.37. The summed E-state index contributed by atoms with van der Waals surface area (Å²) in [5.74, 6) is -0.0582. The van der Waals surface area contributed by atoms with Crippen molar-refractivity contribution in [1.82, 2.24) is 15.1 Å². The number of hydrogen-bond acceptors (Lipinski definition) is 3. The van der Waals surface area contributed by atoms with Crippen molar-refractivity contribution >= 4 is 28.8 Å². The zero-order valence-corrected chi connectivity index (χ0v) is 17.6. The Morgan fingerprint density at radius 3 is 2.59 bits per heavy atom. The van der Waals surface area contributed by atoms with Crippen molar-refractivity contribution in [3.05, 3.63) is 74.7 Å². The first kappa shape index (κ1) is 19.6. The van der Waals surface area contributed by atoms with E-state index in [0.717, 1.165) is 11.1 Å². The van der Waals surface area contributed by atoms with E-state index in [0.29, 0.717) is 16.4 Å². The number of carbonyl (C=O) groups is 1. The Labute approximate surface area is 169 Å². The molecule has 4 nitrogen and oxygen atoms in total. The molecule has 1 N–H and O–H groups in total. The second-order valence-electron chi connectivity index (χ2n) is 7.74. The Balaban J connectivity index is 1.63. The summed E-state index contributed by atoms with van der Waals surface area (Å²) in [6, 6.07) is 10.3. The van der Waals surface area contributed by atoms with E-state index in [1.54, 1.807) is 17.1 Å². The number of carbonyl (C=O) groups excluding carboxylic acids is 1. The summed E-state index contributed by atoms with van der Waals surface area (Å²) in [5, 5.41) is 9.83. The summed E-state index contributed by atoms with van der Waals surface area (Å²) < 4.78 is 1.76. The fraction of sp³-hybridized carbons (Fsp3) is 0.333. The molecule has 142 valence electrons. The van der Waals surface area contributed by atoms with Gasteiger partial charge in [-0.1, -0.05) is 56.6 Å². The van der Waals surface area contributed by atoms with E-state index in [9.17, 15) is 4.79 Å². The van der Waals surface area contributed by atoms with Crippen LogP contribution in [0.15, 0.2) is 48.1 Å². The Bertz CT molecular complexity index is 922. The Kier molecular flexibility index (Phi) is 5.72.